The number of hydrogen-bond acceptors (Lipinski definition) is 3. The third-order valence-corrected chi connectivity index (χ3v) is 12.0. The molecule has 0 amide bonds. The fourth-order valence-corrected chi connectivity index (χ4v) is 9.77. The van der Waals surface area contributed by atoms with E-state index in [4.69, 9.17) is 8.83 Å². The van der Waals surface area contributed by atoms with Crippen LogP contribution in [0.15, 0.2) is 167 Å². The van der Waals surface area contributed by atoms with Gasteiger partial charge < -0.3 is 8.83 Å². The van der Waals surface area contributed by atoms with E-state index in [-0.39, 0.29) is 0 Å². The molecule has 2 nitrogen and oxygen atoms in total. The molecule has 0 N–H and O–H groups in total. The Bertz CT molecular complexity index is 3370. The molecule has 0 aliphatic rings. The van der Waals surface area contributed by atoms with Gasteiger partial charge in [0.25, 0.3) is 0 Å². The zero-order valence-corrected chi connectivity index (χ0v) is 28.1. The highest BCUT2D eigenvalue weighted by Crippen LogP contribution is 2.47. The van der Waals surface area contributed by atoms with Crippen molar-refractivity contribution in [1.82, 2.24) is 0 Å². The molecule has 0 aliphatic carbocycles. The SMILES string of the molecule is c1ccc2c(c1)ccc1oc3c(ccc4c5ccc(-c6c7ccccc7c(-c7ccc8c(c7)sc7ccccc78)c7ccccc67)cc5oc43)c12. The van der Waals surface area contributed by atoms with E-state index < -0.39 is 0 Å². The summed E-state index contributed by atoms with van der Waals surface area (Å²) in [6.45, 7) is 0. The number of benzene rings is 9. The largest absolute Gasteiger partial charge is 0.452 e. The van der Waals surface area contributed by atoms with E-state index in [2.05, 4.69) is 158 Å². The third kappa shape index (κ3) is 3.76. The second-order valence-electron chi connectivity index (χ2n) is 13.5. The van der Waals surface area contributed by atoms with Crippen molar-refractivity contribution in [2.75, 3.05) is 0 Å². The van der Waals surface area contributed by atoms with Crippen LogP contribution in [0.2, 0.25) is 0 Å². The summed E-state index contributed by atoms with van der Waals surface area (Å²) in [4.78, 5) is 0. The van der Waals surface area contributed by atoms with Crippen molar-refractivity contribution >= 4 is 108 Å². The van der Waals surface area contributed by atoms with Crippen molar-refractivity contribution in [1.29, 1.82) is 0 Å². The van der Waals surface area contributed by atoms with E-state index in [1.807, 2.05) is 11.3 Å². The van der Waals surface area contributed by atoms with Crippen LogP contribution in [0.3, 0.4) is 0 Å². The summed E-state index contributed by atoms with van der Waals surface area (Å²) in [5.41, 5.74) is 8.18. The lowest BCUT2D eigenvalue weighted by molar-refractivity contribution is 0.633. The van der Waals surface area contributed by atoms with Crippen molar-refractivity contribution in [2.45, 2.75) is 0 Å². The van der Waals surface area contributed by atoms with E-state index in [0.717, 1.165) is 49.4 Å². The molecule has 12 aromatic rings. The van der Waals surface area contributed by atoms with Crippen molar-refractivity contribution in [3.05, 3.63) is 158 Å². The van der Waals surface area contributed by atoms with Crippen LogP contribution < -0.4 is 0 Å². The summed E-state index contributed by atoms with van der Waals surface area (Å²) < 4.78 is 15.9. The average Bonchev–Trinajstić information content (AvgIpc) is 3.87. The maximum absolute atomic E-state index is 6.76. The molecule has 0 radical (unpaired) electrons. The number of furan rings is 2. The predicted molar refractivity (Wildman–Crippen MR) is 217 cm³/mol. The van der Waals surface area contributed by atoms with E-state index in [0.29, 0.717) is 0 Å². The van der Waals surface area contributed by atoms with Gasteiger partial charge in [-0.25, -0.2) is 0 Å². The molecule has 236 valence electrons. The number of rotatable bonds is 2. The first-order valence-electron chi connectivity index (χ1n) is 17.3. The fraction of sp³-hybridized carbons (Fsp3) is 0. The third-order valence-electron chi connectivity index (χ3n) is 10.9. The van der Waals surface area contributed by atoms with Crippen LogP contribution in [0.25, 0.3) is 119 Å². The first-order valence-corrected chi connectivity index (χ1v) is 18.1. The normalized spacial score (nSPS) is 12.3. The van der Waals surface area contributed by atoms with Crippen LogP contribution in [0.1, 0.15) is 0 Å². The molecular formula is C48H26O2S. The Morgan fingerprint density at radius 3 is 1.61 bits per heavy atom. The molecule has 3 heteroatoms. The number of fused-ring (bicyclic) bond motifs is 14. The van der Waals surface area contributed by atoms with E-state index >= 15 is 0 Å². The van der Waals surface area contributed by atoms with Gasteiger partial charge in [0.05, 0.1) is 0 Å². The summed E-state index contributed by atoms with van der Waals surface area (Å²) in [7, 11) is 0. The van der Waals surface area contributed by atoms with E-state index in [1.54, 1.807) is 0 Å². The molecular weight excluding hydrogens is 641 g/mol. The first kappa shape index (κ1) is 27.4. The lowest BCUT2D eigenvalue weighted by atomic mass is 9.86. The summed E-state index contributed by atoms with van der Waals surface area (Å²) in [5, 5.41) is 14.3. The molecule has 0 atom stereocenters. The first-order chi connectivity index (χ1) is 25.3. The Morgan fingerprint density at radius 2 is 0.863 bits per heavy atom. The molecule has 0 saturated carbocycles. The highest BCUT2D eigenvalue weighted by Gasteiger charge is 2.21. The van der Waals surface area contributed by atoms with Gasteiger partial charge in [0, 0.05) is 41.7 Å². The molecule has 3 heterocycles. The molecule has 3 aromatic heterocycles. The summed E-state index contributed by atoms with van der Waals surface area (Å²) in [5.74, 6) is 0. The topological polar surface area (TPSA) is 26.3 Å². The van der Waals surface area contributed by atoms with Gasteiger partial charge in [-0.3, -0.25) is 0 Å². The summed E-state index contributed by atoms with van der Waals surface area (Å²) in [6.07, 6.45) is 0. The fourth-order valence-electron chi connectivity index (χ4n) is 8.63. The van der Waals surface area contributed by atoms with Crippen molar-refractivity contribution in [3.63, 3.8) is 0 Å². The number of thiophene rings is 1. The Balaban J connectivity index is 1.10. The Kier molecular flexibility index (Phi) is 5.41. The Labute approximate surface area is 295 Å². The van der Waals surface area contributed by atoms with E-state index in [9.17, 15) is 0 Å². The molecule has 0 spiro atoms. The smallest absolute Gasteiger partial charge is 0.178 e. The van der Waals surface area contributed by atoms with Gasteiger partial charge in [0.15, 0.2) is 11.2 Å². The van der Waals surface area contributed by atoms with Crippen LogP contribution in [-0.2, 0) is 0 Å². The van der Waals surface area contributed by atoms with E-state index in [1.165, 1.54) is 69.2 Å². The zero-order valence-electron chi connectivity index (χ0n) is 27.2. The van der Waals surface area contributed by atoms with Crippen molar-refractivity contribution in [3.8, 4) is 22.3 Å². The van der Waals surface area contributed by atoms with Crippen LogP contribution in [0, 0.1) is 0 Å². The molecule has 0 unspecified atom stereocenters. The maximum atomic E-state index is 6.76. The van der Waals surface area contributed by atoms with Gasteiger partial charge in [-0.15, -0.1) is 11.3 Å². The van der Waals surface area contributed by atoms with Gasteiger partial charge in [-0.2, -0.15) is 0 Å². The Morgan fingerprint density at radius 1 is 0.333 bits per heavy atom. The van der Waals surface area contributed by atoms with Crippen LogP contribution >= 0.6 is 11.3 Å². The van der Waals surface area contributed by atoms with Crippen LogP contribution in [0.4, 0.5) is 0 Å². The minimum absolute atomic E-state index is 0.793. The quantitative estimate of drug-likeness (QED) is 0.172. The summed E-state index contributed by atoms with van der Waals surface area (Å²) >= 11 is 1.87. The Hall–Kier alpha value is -6.42. The molecule has 0 saturated heterocycles. The number of hydrogen-bond donors (Lipinski definition) is 0. The van der Waals surface area contributed by atoms with Crippen LogP contribution in [-0.4, -0.2) is 0 Å². The minimum Gasteiger partial charge on any atom is -0.452 e. The average molecular weight is 667 g/mol. The molecule has 0 fully saturated rings. The highest BCUT2D eigenvalue weighted by atomic mass is 32.1. The monoisotopic (exact) mass is 666 g/mol. The molecule has 0 aliphatic heterocycles. The van der Waals surface area contributed by atoms with Crippen molar-refractivity contribution in [2.24, 2.45) is 0 Å². The van der Waals surface area contributed by atoms with Gasteiger partial charge in [0.2, 0.25) is 0 Å². The molecule has 9 aromatic carbocycles. The van der Waals surface area contributed by atoms with Gasteiger partial charge in [0.1, 0.15) is 11.2 Å². The van der Waals surface area contributed by atoms with Gasteiger partial charge in [-0.1, -0.05) is 115 Å². The van der Waals surface area contributed by atoms with Gasteiger partial charge in [-0.05, 0) is 97.0 Å². The van der Waals surface area contributed by atoms with Crippen LogP contribution in [0.5, 0.6) is 0 Å². The standard InChI is InChI=1S/C48H26O2S/c1-2-10-30-27(9-1)19-24-40-46(30)39-23-22-38-31-20-17-28(25-41(31)50-47(38)48(39)49-40)44-34-12-3-5-14-36(34)45(37-15-6-4-13-35(37)44)29-18-21-33-32-11-7-8-16-42(32)51-43(33)26-29/h1-26H. The van der Waals surface area contributed by atoms with Crippen molar-refractivity contribution < 1.29 is 8.83 Å². The molecule has 0 bridgehead atoms. The maximum Gasteiger partial charge on any atom is 0.178 e. The lowest BCUT2D eigenvalue weighted by Gasteiger charge is -2.17. The minimum atomic E-state index is 0.793. The predicted octanol–water partition coefficient (Wildman–Crippen LogP) is 14.6. The zero-order chi connectivity index (χ0) is 33.2. The lowest BCUT2D eigenvalue weighted by Crippen LogP contribution is -1.90. The highest BCUT2D eigenvalue weighted by molar-refractivity contribution is 7.25. The second-order valence-corrected chi connectivity index (χ2v) is 14.6. The second kappa shape index (κ2) is 10.1. The molecule has 12 rings (SSSR count). The van der Waals surface area contributed by atoms with Gasteiger partial charge >= 0.3 is 0 Å². The summed E-state index contributed by atoms with van der Waals surface area (Å²) in [6, 6.07) is 57.2. The molecule has 51 heavy (non-hydrogen) atoms.